The van der Waals surface area contributed by atoms with Crippen LogP contribution in [-0.2, 0) is 10.0 Å². The van der Waals surface area contributed by atoms with Crippen molar-refractivity contribution in [3.05, 3.63) is 30.0 Å². The first kappa shape index (κ1) is 13.0. The van der Waals surface area contributed by atoms with Crippen molar-refractivity contribution in [2.24, 2.45) is 0 Å². The Morgan fingerprint density at radius 3 is 2.63 bits per heavy atom. The molecule has 0 aliphatic carbocycles. The predicted octanol–water partition coefficient (Wildman–Crippen LogP) is 0.00712. The van der Waals surface area contributed by atoms with Crippen molar-refractivity contribution in [2.45, 2.75) is 11.8 Å². The molecule has 0 saturated carbocycles. The molecule has 0 aliphatic heterocycles. The molecule has 2 heterocycles. The molecule has 0 aliphatic rings. The largest absolute Gasteiger partial charge is 0.476 e. The SMILES string of the molecule is Cc1[nH]ncc1S(=O)(=O)Nc1nccnc1C(=O)O. The molecule has 9 nitrogen and oxygen atoms in total. The van der Waals surface area contributed by atoms with E-state index in [-0.39, 0.29) is 10.7 Å². The second kappa shape index (κ2) is 4.65. The van der Waals surface area contributed by atoms with Crippen molar-refractivity contribution >= 4 is 21.8 Å². The smallest absolute Gasteiger partial charge is 0.358 e. The van der Waals surface area contributed by atoms with Gasteiger partial charge in [-0.25, -0.2) is 23.2 Å². The fourth-order valence-corrected chi connectivity index (χ4v) is 2.52. The van der Waals surface area contributed by atoms with Crippen molar-refractivity contribution in [1.29, 1.82) is 0 Å². The van der Waals surface area contributed by atoms with Crippen LogP contribution in [0.25, 0.3) is 0 Å². The Labute approximate surface area is 107 Å². The number of rotatable bonds is 4. The van der Waals surface area contributed by atoms with Crippen LogP contribution < -0.4 is 4.72 Å². The van der Waals surface area contributed by atoms with E-state index in [2.05, 4.69) is 24.9 Å². The van der Waals surface area contributed by atoms with Gasteiger partial charge < -0.3 is 5.11 Å². The van der Waals surface area contributed by atoms with Crippen LogP contribution in [-0.4, -0.2) is 39.7 Å². The average Bonchev–Trinajstić information content (AvgIpc) is 2.76. The summed E-state index contributed by atoms with van der Waals surface area (Å²) in [5.41, 5.74) is -0.152. The zero-order valence-electron chi connectivity index (χ0n) is 9.65. The molecule has 0 amide bonds. The molecule has 0 atom stereocenters. The van der Waals surface area contributed by atoms with Crippen molar-refractivity contribution in [3.8, 4) is 0 Å². The molecule has 3 N–H and O–H groups in total. The van der Waals surface area contributed by atoms with E-state index in [1.807, 2.05) is 0 Å². The molecule has 0 spiro atoms. The molecule has 100 valence electrons. The van der Waals surface area contributed by atoms with E-state index in [9.17, 15) is 13.2 Å². The van der Waals surface area contributed by atoms with E-state index >= 15 is 0 Å². The van der Waals surface area contributed by atoms with Crippen LogP contribution in [0.2, 0.25) is 0 Å². The lowest BCUT2D eigenvalue weighted by Crippen LogP contribution is -2.17. The number of sulfonamides is 1. The molecule has 0 saturated heterocycles. The summed E-state index contributed by atoms with van der Waals surface area (Å²) in [6.45, 7) is 1.52. The average molecular weight is 283 g/mol. The van der Waals surface area contributed by atoms with Gasteiger partial charge in [-0.15, -0.1) is 0 Å². The van der Waals surface area contributed by atoms with Crippen LogP contribution in [0.5, 0.6) is 0 Å². The molecule has 19 heavy (non-hydrogen) atoms. The number of carboxylic acid groups (broad SMARTS) is 1. The summed E-state index contributed by atoms with van der Waals surface area (Å²) in [6, 6.07) is 0. The van der Waals surface area contributed by atoms with E-state index in [0.717, 1.165) is 12.4 Å². The number of nitrogens with zero attached hydrogens (tertiary/aromatic N) is 3. The van der Waals surface area contributed by atoms with E-state index in [4.69, 9.17) is 5.11 Å². The zero-order chi connectivity index (χ0) is 14.0. The number of aromatic amines is 1. The normalized spacial score (nSPS) is 11.2. The molecule has 0 unspecified atom stereocenters. The molecule has 0 fully saturated rings. The number of anilines is 1. The molecule has 0 radical (unpaired) electrons. The quantitative estimate of drug-likeness (QED) is 0.718. The lowest BCUT2D eigenvalue weighted by molar-refractivity contribution is 0.0691. The Kier molecular flexibility index (Phi) is 3.17. The Morgan fingerprint density at radius 2 is 2.05 bits per heavy atom. The Balaban J connectivity index is 2.42. The number of aromatic carboxylic acids is 1. The summed E-state index contributed by atoms with van der Waals surface area (Å²) in [4.78, 5) is 18.0. The van der Waals surface area contributed by atoms with Gasteiger partial charge in [-0.1, -0.05) is 0 Å². The highest BCUT2D eigenvalue weighted by Crippen LogP contribution is 2.17. The van der Waals surface area contributed by atoms with Crippen molar-refractivity contribution in [2.75, 3.05) is 4.72 Å². The first-order chi connectivity index (χ1) is 8.92. The number of carboxylic acids is 1. The third kappa shape index (κ3) is 2.52. The second-order valence-electron chi connectivity index (χ2n) is 3.52. The second-order valence-corrected chi connectivity index (χ2v) is 5.17. The molecular weight excluding hydrogens is 274 g/mol. The first-order valence-corrected chi connectivity index (χ1v) is 6.47. The number of carbonyl (C=O) groups is 1. The van der Waals surface area contributed by atoms with Crippen molar-refractivity contribution < 1.29 is 18.3 Å². The topological polar surface area (TPSA) is 138 Å². The fourth-order valence-electron chi connectivity index (χ4n) is 1.36. The highest BCUT2D eigenvalue weighted by molar-refractivity contribution is 7.92. The zero-order valence-corrected chi connectivity index (χ0v) is 10.5. The molecule has 2 aromatic rings. The summed E-state index contributed by atoms with van der Waals surface area (Å²) >= 11 is 0. The minimum absolute atomic E-state index is 0.0884. The number of hydrogen-bond acceptors (Lipinski definition) is 6. The van der Waals surface area contributed by atoms with Crippen LogP contribution in [0.3, 0.4) is 0 Å². The maximum absolute atomic E-state index is 12.0. The van der Waals surface area contributed by atoms with Gasteiger partial charge in [0, 0.05) is 12.4 Å². The van der Waals surface area contributed by atoms with Gasteiger partial charge in [0.2, 0.25) is 0 Å². The van der Waals surface area contributed by atoms with Crippen LogP contribution in [0.4, 0.5) is 5.82 Å². The monoisotopic (exact) mass is 283 g/mol. The minimum atomic E-state index is -3.97. The van der Waals surface area contributed by atoms with Crippen LogP contribution in [0.1, 0.15) is 16.2 Å². The Morgan fingerprint density at radius 1 is 1.37 bits per heavy atom. The molecule has 2 rings (SSSR count). The molecule has 0 aromatic carbocycles. The molecule has 0 bridgehead atoms. The summed E-state index contributed by atoms with van der Waals surface area (Å²) < 4.78 is 26.1. The third-order valence-electron chi connectivity index (χ3n) is 2.21. The molecular formula is C9H9N5O4S. The fraction of sp³-hybridized carbons (Fsp3) is 0.111. The number of aryl methyl sites for hydroxylation is 1. The number of H-pyrrole nitrogens is 1. The summed E-state index contributed by atoms with van der Waals surface area (Å²) in [5.74, 6) is -1.73. The van der Waals surface area contributed by atoms with E-state index < -0.39 is 21.7 Å². The molecule has 2 aromatic heterocycles. The van der Waals surface area contributed by atoms with E-state index in [0.29, 0.717) is 5.69 Å². The highest BCUT2D eigenvalue weighted by atomic mass is 32.2. The van der Waals surface area contributed by atoms with Gasteiger partial charge in [0.05, 0.1) is 11.9 Å². The van der Waals surface area contributed by atoms with Gasteiger partial charge in [0.15, 0.2) is 11.5 Å². The standard InChI is InChI=1S/C9H9N5O4S/c1-5-6(4-12-13-5)19(17,18)14-8-7(9(15)16)10-2-3-11-8/h2-4H,1H3,(H,11,14)(H,12,13)(H,15,16). The molecule has 10 heteroatoms. The minimum Gasteiger partial charge on any atom is -0.476 e. The van der Waals surface area contributed by atoms with Crippen molar-refractivity contribution in [1.82, 2.24) is 20.2 Å². The van der Waals surface area contributed by atoms with Crippen LogP contribution in [0.15, 0.2) is 23.5 Å². The van der Waals surface area contributed by atoms with Gasteiger partial charge in [-0.3, -0.25) is 9.82 Å². The first-order valence-electron chi connectivity index (χ1n) is 4.99. The number of nitrogens with one attached hydrogen (secondary N) is 2. The number of hydrogen-bond donors (Lipinski definition) is 3. The maximum Gasteiger partial charge on any atom is 0.358 e. The van der Waals surface area contributed by atoms with Gasteiger partial charge in [-0.05, 0) is 6.92 Å². The maximum atomic E-state index is 12.0. The Hall–Kier alpha value is -2.49. The van der Waals surface area contributed by atoms with E-state index in [1.54, 1.807) is 0 Å². The third-order valence-corrected chi connectivity index (χ3v) is 3.66. The summed E-state index contributed by atoms with van der Waals surface area (Å²) in [7, 11) is -3.97. The van der Waals surface area contributed by atoms with Gasteiger partial charge >= 0.3 is 5.97 Å². The van der Waals surface area contributed by atoms with Gasteiger partial charge in [-0.2, -0.15) is 5.10 Å². The van der Waals surface area contributed by atoms with Gasteiger partial charge in [0.25, 0.3) is 10.0 Å². The van der Waals surface area contributed by atoms with Crippen molar-refractivity contribution in [3.63, 3.8) is 0 Å². The number of aromatic nitrogens is 4. The highest BCUT2D eigenvalue weighted by Gasteiger charge is 2.22. The Bertz CT molecular complexity index is 724. The van der Waals surface area contributed by atoms with Crippen LogP contribution in [0, 0.1) is 6.92 Å². The van der Waals surface area contributed by atoms with E-state index in [1.165, 1.54) is 13.1 Å². The lowest BCUT2D eigenvalue weighted by atomic mass is 10.4. The lowest BCUT2D eigenvalue weighted by Gasteiger charge is -2.07. The summed E-state index contributed by atoms with van der Waals surface area (Å²) in [6.07, 6.45) is 3.46. The predicted molar refractivity (Wildman–Crippen MR) is 63.1 cm³/mol. The van der Waals surface area contributed by atoms with Gasteiger partial charge in [0.1, 0.15) is 4.90 Å². The van der Waals surface area contributed by atoms with Crippen LogP contribution >= 0.6 is 0 Å². The summed E-state index contributed by atoms with van der Waals surface area (Å²) in [5, 5.41) is 15.0.